The van der Waals surface area contributed by atoms with Crippen LogP contribution in [-0.2, 0) is 11.2 Å². The zero-order valence-electron chi connectivity index (χ0n) is 10.0. The smallest absolute Gasteiger partial charge is 0.315 e. The maximum Gasteiger partial charge on any atom is 0.315 e. The van der Waals surface area contributed by atoms with Crippen LogP contribution in [0.1, 0.15) is 23.6 Å². The molecule has 1 aromatic rings. The van der Waals surface area contributed by atoms with Crippen LogP contribution in [0.4, 0.5) is 4.79 Å². The van der Waals surface area contributed by atoms with Gasteiger partial charge in [0.2, 0.25) is 0 Å². The average molecular weight is 234 g/mol. The predicted molar refractivity (Wildman–Crippen MR) is 65.9 cm³/mol. The second-order valence-electron chi connectivity index (χ2n) is 4.18. The van der Waals surface area contributed by atoms with E-state index in [2.05, 4.69) is 22.8 Å². The van der Waals surface area contributed by atoms with Gasteiger partial charge in [0.05, 0.1) is 12.6 Å². The molecule has 92 valence electrons. The normalized spacial score (nSPS) is 17.6. The Hall–Kier alpha value is -1.55. The molecule has 0 aromatic heterocycles. The van der Waals surface area contributed by atoms with Gasteiger partial charge in [-0.25, -0.2) is 4.79 Å². The van der Waals surface area contributed by atoms with Crippen molar-refractivity contribution in [2.24, 2.45) is 0 Å². The molecule has 0 bridgehead atoms. The van der Waals surface area contributed by atoms with E-state index in [1.54, 1.807) is 7.11 Å². The molecule has 4 heteroatoms. The predicted octanol–water partition coefficient (Wildman–Crippen LogP) is 1.62. The van der Waals surface area contributed by atoms with E-state index >= 15 is 0 Å². The minimum absolute atomic E-state index is 0.122. The first-order chi connectivity index (χ1) is 8.31. The number of benzene rings is 1. The number of aryl methyl sites for hydroxylation is 1. The summed E-state index contributed by atoms with van der Waals surface area (Å²) in [5.41, 5.74) is 2.59. The number of nitrogens with one attached hydrogen (secondary N) is 2. The van der Waals surface area contributed by atoms with Gasteiger partial charge in [0.25, 0.3) is 0 Å². The Morgan fingerprint density at radius 3 is 3.12 bits per heavy atom. The number of methoxy groups -OCH3 is 1. The summed E-state index contributed by atoms with van der Waals surface area (Å²) >= 11 is 0. The third-order valence-electron chi connectivity index (χ3n) is 3.03. The van der Waals surface area contributed by atoms with Gasteiger partial charge in [-0.2, -0.15) is 0 Å². The second-order valence-corrected chi connectivity index (χ2v) is 4.18. The Bertz CT molecular complexity index is 393. The number of ether oxygens (including phenoxy) is 1. The van der Waals surface area contributed by atoms with Crippen LogP contribution in [0.3, 0.4) is 0 Å². The number of hydrogen-bond acceptors (Lipinski definition) is 2. The first kappa shape index (κ1) is 11.9. The number of urea groups is 1. The highest BCUT2D eigenvalue weighted by Gasteiger charge is 2.22. The molecule has 0 saturated carbocycles. The molecule has 1 aliphatic rings. The van der Waals surface area contributed by atoms with Crippen molar-refractivity contribution in [3.05, 3.63) is 35.4 Å². The first-order valence-corrected chi connectivity index (χ1v) is 5.92. The molecule has 17 heavy (non-hydrogen) atoms. The van der Waals surface area contributed by atoms with Crippen molar-refractivity contribution in [2.75, 3.05) is 20.3 Å². The van der Waals surface area contributed by atoms with Crippen molar-refractivity contribution >= 4 is 6.03 Å². The van der Waals surface area contributed by atoms with Gasteiger partial charge in [0, 0.05) is 13.7 Å². The molecule has 0 fully saturated rings. The topological polar surface area (TPSA) is 50.4 Å². The van der Waals surface area contributed by atoms with Crippen LogP contribution in [0.5, 0.6) is 0 Å². The molecule has 0 heterocycles. The lowest BCUT2D eigenvalue weighted by Gasteiger charge is -2.14. The Balaban J connectivity index is 1.87. The van der Waals surface area contributed by atoms with Gasteiger partial charge in [-0.15, -0.1) is 0 Å². The second kappa shape index (κ2) is 5.68. The summed E-state index contributed by atoms with van der Waals surface area (Å²) in [5, 5.41) is 5.75. The van der Waals surface area contributed by atoms with Gasteiger partial charge in [-0.3, -0.25) is 0 Å². The van der Waals surface area contributed by atoms with Crippen molar-refractivity contribution in [2.45, 2.75) is 18.9 Å². The fraction of sp³-hybridized carbons (Fsp3) is 0.462. The Morgan fingerprint density at radius 2 is 2.29 bits per heavy atom. The summed E-state index contributed by atoms with van der Waals surface area (Å²) in [6.07, 6.45) is 2.02. The largest absolute Gasteiger partial charge is 0.383 e. The summed E-state index contributed by atoms with van der Waals surface area (Å²) in [4.78, 5) is 11.6. The molecule has 0 radical (unpaired) electrons. The number of carbonyl (C=O) groups excluding carboxylic acids is 1. The zero-order valence-corrected chi connectivity index (χ0v) is 10.0. The van der Waals surface area contributed by atoms with Crippen molar-refractivity contribution in [1.29, 1.82) is 0 Å². The van der Waals surface area contributed by atoms with Gasteiger partial charge in [0.1, 0.15) is 0 Å². The molecule has 1 unspecified atom stereocenters. The quantitative estimate of drug-likeness (QED) is 0.778. The minimum Gasteiger partial charge on any atom is -0.383 e. The van der Waals surface area contributed by atoms with Gasteiger partial charge < -0.3 is 15.4 Å². The van der Waals surface area contributed by atoms with E-state index < -0.39 is 0 Å². The molecule has 0 saturated heterocycles. The van der Waals surface area contributed by atoms with E-state index in [1.807, 2.05) is 12.1 Å². The van der Waals surface area contributed by atoms with Crippen LogP contribution in [-0.4, -0.2) is 26.3 Å². The molecule has 4 nitrogen and oxygen atoms in total. The fourth-order valence-corrected chi connectivity index (χ4v) is 2.18. The SMILES string of the molecule is COCCNC(=O)NC1CCc2ccccc21. The molecule has 1 aliphatic carbocycles. The van der Waals surface area contributed by atoms with E-state index in [0.717, 1.165) is 12.8 Å². The maximum atomic E-state index is 11.6. The van der Waals surface area contributed by atoms with E-state index in [1.165, 1.54) is 11.1 Å². The third-order valence-corrected chi connectivity index (χ3v) is 3.03. The number of carbonyl (C=O) groups is 1. The van der Waals surface area contributed by atoms with Crippen LogP contribution in [0.25, 0.3) is 0 Å². The third kappa shape index (κ3) is 2.97. The molecule has 0 aliphatic heterocycles. The molecule has 1 aromatic carbocycles. The van der Waals surface area contributed by atoms with Crippen molar-refractivity contribution in [1.82, 2.24) is 10.6 Å². The molecular formula is C13H18N2O2. The summed E-state index contributed by atoms with van der Waals surface area (Å²) in [5.74, 6) is 0. The van der Waals surface area contributed by atoms with Crippen LogP contribution < -0.4 is 10.6 Å². The van der Waals surface area contributed by atoms with Gasteiger partial charge in [0.15, 0.2) is 0 Å². The highest BCUT2D eigenvalue weighted by molar-refractivity contribution is 5.74. The van der Waals surface area contributed by atoms with Crippen LogP contribution in [0, 0.1) is 0 Å². The van der Waals surface area contributed by atoms with Gasteiger partial charge in [-0.05, 0) is 24.0 Å². The van der Waals surface area contributed by atoms with E-state index in [4.69, 9.17) is 4.74 Å². The first-order valence-electron chi connectivity index (χ1n) is 5.92. The zero-order chi connectivity index (χ0) is 12.1. The summed E-state index contributed by atoms with van der Waals surface area (Å²) in [7, 11) is 1.62. The molecule has 0 spiro atoms. The van der Waals surface area contributed by atoms with Crippen LogP contribution in [0.15, 0.2) is 24.3 Å². The molecule has 2 rings (SSSR count). The monoisotopic (exact) mass is 234 g/mol. The highest BCUT2D eigenvalue weighted by atomic mass is 16.5. The molecule has 2 amide bonds. The van der Waals surface area contributed by atoms with Gasteiger partial charge in [-0.1, -0.05) is 24.3 Å². The minimum atomic E-state index is -0.122. The summed E-state index contributed by atoms with van der Waals surface area (Å²) in [6.45, 7) is 1.07. The van der Waals surface area contributed by atoms with Crippen molar-refractivity contribution in [3.8, 4) is 0 Å². The Kier molecular flexibility index (Phi) is 3.98. The van der Waals surface area contributed by atoms with E-state index in [0.29, 0.717) is 13.2 Å². The Labute approximate surface area is 101 Å². The average Bonchev–Trinajstić information content (AvgIpc) is 2.73. The Morgan fingerprint density at radius 1 is 1.47 bits per heavy atom. The van der Waals surface area contributed by atoms with E-state index in [-0.39, 0.29) is 12.1 Å². The lowest BCUT2D eigenvalue weighted by molar-refractivity contribution is 0.195. The number of rotatable bonds is 4. The van der Waals surface area contributed by atoms with Gasteiger partial charge >= 0.3 is 6.03 Å². The highest BCUT2D eigenvalue weighted by Crippen LogP contribution is 2.30. The molecule has 2 N–H and O–H groups in total. The van der Waals surface area contributed by atoms with Crippen molar-refractivity contribution < 1.29 is 9.53 Å². The summed E-state index contributed by atoms with van der Waals surface area (Å²) < 4.78 is 4.88. The summed E-state index contributed by atoms with van der Waals surface area (Å²) in [6, 6.07) is 8.29. The van der Waals surface area contributed by atoms with Crippen LogP contribution >= 0.6 is 0 Å². The molecular weight excluding hydrogens is 216 g/mol. The van der Waals surface area contributed by atoms with E-state index in [9.17, 15) is 4.79 Å². The van der Waals surface area contributed by atoms with Crippen LogP contribution in [0.2, 0.25) is 0 Å². The lowest BCUT2D eigenvalue weighted by Crippen LogP contribution is -2.38. The lowest BCUT2D eigenvalue weighted by atomic mass is 10.1. The fourth-order valence-electron chi connectivity index (χ4n) is 2.18. The number of fused-ring (bicyclic) bond motifs is 1. The number of amides is 2. The molecule has 1 atom stereocenters. The standard InChI is InChI=1S/C13H18N2O2/c1-17-9-8-14-13(16)15-12-7-6-10-4-2-3-5-11(10)12/h2-5,12H,6-9H2,1H3,(H2,14,15,16). The maximum absolute atomic E-state index is 11.6. The number of hydrogen-bond donors (Lipinski definition) is 2. The van der Waals surface area contributed by atoms with Crippen molar-refractivity contribution in [3.63, 3.8) is 0 Å².